The van der Waals surface area contributed by atoms with E-state index in [-0.39, 0.29) is 30.5 Å². The summed E-state index contributed by atoms with van der Waals surface area (Å²) in [7, 11) is 0. The van der Waals surface area contributed by atoms with Crippen LogP contribution in [0.1, 0.15) is 41.8 Å². The van der Waals surface area contributed by atoms with E-state index in [0.29, 0.717) is 19.7 Å². The lowest BCUT2D eigenvalue weighted by atomic mass is 10.00. The second kappa shape index (κ2) is 9.83. The Morgan fingerprint density at radius 1 is 1.29 bits per heavy atom. The lowest BCUT2D eigenvalue weighted by Crippen LogP contribution is -2.48. The van der Waals surface area contributed by atoms with Crippen LogP contribution in [0.15, 0.2) is 35.7 Å². The maximum absolute atomic E-state index is 13.3. The first kappa shape index (κ1) is 21.8. The van der Waals surface area contributed by atoms with Crippen LogP contribution in [-0.2, 0) is 20.7 Å². The quantitative estimate of drug-likeness (QED) is 0.658. The molecule has 2 aliphatic heterocycles. The molecule has 2 atom stereocenters. The van der Waals surface area contributed by atoms with Crippen molar-refractivity contribution in [3.63, 3.8) is 0 Å². The number of benzene rings is 1. The molecular weight excluding hydrogens is 412 g/mol. The molecule has 2 aromatic rings. The van der Waals surface area contributed by atoms with Gasteiger partial charge >= 0.3 is 0 Å². The van der Waals surface area contributed by atoms with Gasteiger partial charge in [0, 0.05) is 31.5 Å². The molecule has 6 nitrogen and oxygen atoms in total. The molecule has 0 bridgehead atoms. The molecule has 1 aromatic carbocycles. The van der Waals surface area contributed by atoms with Crippen LogP contribution < -0.4 is 4.74 Å². The van der Waals surface area contributed by atoms with Crippen LogP contribution in [0.5, 0.6) is 5.75 Å². The van der Waals surface area contributed by atoms with Gasteiger partial charge in [0.25, 0.3) is 0 Å². The first-order valence-electron chi connectivity index (χ1n) is 10.9. The zero-order valence-corrected chi connectivity index (χ0v) is 19.0. The van der Waals surface area contributed by atoms with Crippen molar-refractivity contribution in [2.75, 3.05) is 32.8 Å². The molecule has 1 fully saturated rings. The highest BCUT2D eigenvalue weighted by Gasteiger charge is 2.34. The van der Waals surface area contributed by atoms with E-state index in [1.165, 1.54) is 11.8 Å². The van der Waals surface area contributed by atoms with Gasteiger partial charge < -0.3 is 19.3 Å². The molecule has 7 heteroatoms. The summed E-state index contributed by atoms with van der Waals surface area (Å²) in [4.78, 5) is 30.4. The number of carbonyl (C=O) groups excluding carboxylic acids is 2. The number of aryl methyl sites for hydroxylation is 1. The van der Waals surface area contributed by atoms with Crippen molar-refractivity contribution in [1.29, 1.82) is 0 Å². The summed E-state index contributed by atoms with van der Waals surface area (Å²) >= 11 is 1.73. The summed E-state index contributed by atoms with van der Waals surface area (Å²) in [5.74, 6) is 0.703. The molecule has 3 heterocycles. The van der Waals surface area contributed by atoms with Crippen LogP contribution in [0.4, 0.5) is 0 Å². The van der Waals surface area contributed by atoms with Gasteiger partial charge in [-0.3, -0.25) is 9.59 Å². The van der Waals surface area contributed by atoms with E-state index in [1.54, 1.807) is 16.2 Å². The molecule has 31 heavy (non-hydrogen) atoms. The van der Waals surface area contributed by atoms with Crippen molar-refractivity contribution in [2.45, 2.75) is 45.3 Å². The molecule has 166 valence electrons. The first-order valence-corrected chi connectivity index (χ1v) is 11.8. The second-order valence-corrected chi connectivity index (χ2v) is 9.26. The summed E-state index contributed by atoms with van der Waals surface area (Å²) in [6.07, 6.45) is 2.82. The monoisotopic (exact) mass is 442 g/mol. The molecule has 4 rings (SSSR count). The van der Waals surface area contributed by atoms with E-state index in [0.717, 1.165) is 42.7 Å². The first-order chi connectivity index (χ1) is 15.0. The molecule has 2 amide bonds. The highest BCUT2D eigenvalue weighted by molar-refractivity contribution is 7.10. The highest BCUT2D eigenvalue weighted by Crippen LogP contribution is 2.34. The molecule has 0 saturated carbocycles. The minimum atomic E-state index is -0.154. The number of para-hydroxylation sites is 1. The Labute approximate surface area is 187 Å². The zero-order chi connectivity index (χ0) is 21.8. The van der Waals surface area contributed by atoms with Crippen LogP contribution in [0, 0.1) is 6.92 Å². The Kier molecular flexibility index (Phi) is 6.92. The lowest BCUT2D eigenvalue weighted by Gasteiger charge is -2.37. The van der Waals surface area contributed by atoms with Gasteiger partial charge in [0.2, 0.25) is 11.8 Å². The number of hydrogen-bond donors (Lipinski definition) is 0. The fraction of sp³-hybridized carbons (Fsp3) is 0.500. The predicted octanol–water partition coefficient (Wildman–Crippen LogP) is 3.59. The van der Waals surface area contributed by atoms with Gasteiger partial charge in [-0.2, -0.15) is 0 Å². The summed E-state index contributed by atoms with van der Waals surface area (Å²) in [5.41, 5.74) is 2.23. The molecule has 2 aliphatic rings. The van der Waals surface area contributed by atoms with E-state index in [9.17, 15) is 9.59 Å². The second-order valence-electron chi connectivity index (χ2n) is 8.26. The Morgan fingerprint density at radius 3 is 2.87 bits per heavy atom. The van der Waals surface area contributed by atoms with E-state index in [2.05, 4.69) is 11.4 Å². The number of ether oxygens (including phenoxy) is 2. The number of thiophene rings is 1. The van der Waals surface area contributed by atoms with Gasteiger partial charge in [-0.25, -0.2) is 0 Å². The third kappa shape index (κ3) is 5.10. The molecule has 0 aliphatic carbocycles. The fourth-order valence-electron chi connectivity index (χ4n) is 4.35. The Morgan fingerprint density at radius 2 is 2.13 bits per heavy atom. The van der Waals surface area contributed by atoms with E-state index < -0.39 is 0 Å². The van der Waals surface area contributed by atoms with Crippen LogP contribution in [0.3, 0.4) is 0 Å². The SMILES string of the molecule is CC(=O)N(CC(=O)N1CCc2sccc2[C@H]1COc1ccccc1C)C[C@@H]1CCCO1. The smallest absolute Gasteiger partial charge is 0.242 e. The fourth-order valence-corrected chi connectivity index (χ4v) is 5.28. The van der Waals surface area contributed by atoms with Gasteiger partial charge in [-0.05, 0) is 54.8 Å². The summed E-state index contributed by atoms with van der Waals surface area (Å²) in [6.45, 7) is 5.86. The lowest BCUT2D eigenvalue weighted by molar-refractivity contribution is -0.142. The largest absolute Gasteiger partial charge is 0.491 e. The number of rotatable bonds is 7. The van der Waals surface area contributed by atoms with Crippen LogP contribution in [-0.4, -0.2) is 60.6 Å². The molecule has 0 radical (unpaired) electrons. The third-order valence-electron chi connectivity index (χ3n) is 6.12. The summed E-state index contributed by atoms with van der Waals surface area (Å²) < 4.78 is 11.8. The van der Waals surface area contributed by atoms with Crippen molar-refractivity contribution < 1.29 is 19.1 Å². The molecule has 0 unspecified atom stereocenters. The van der Waals surface area contributed by atoms with Crippen molar-refractivity contribution >= 4 is 23.2 Å². The molecule has 1 saturated heterocycles. The van der Waals surface area contributed by atoms with Gasteiger partial charge in [-0.15, -0.1) is 11.3 Å². The number of fused-ring (bicyclic) bond motifs is 1. The average molecular weight is 443 g/mol. The minimum absolute atomic E-state index is 0.0294. The van der Waals surface area contributed by atoms with Crippen LogP contribution in [0.25, 0.3) is 0 Å². The topological polar surface area (TPSA) is 59.1 Å². The van der Waals surface area contributed by atoms with E-state index in [4.69, 9.17) is 9.47 Å². The molecule has 1 aromatic heterocycles. The number of hydrogen-bond acceptors (Lipinski definition) is 5. The molecular formula is C24H30N2O4S. The maximum atomic E-state index is 13.3. The van der Waals surface area contributed by atoms with E-state index >= 15 is 0 Å². The number of amides is 2. The zero-order valence-electron chi connectivity index (χ0n) is 18.2. The van der Waals surface area contributed by atoms with Gasteiger partial charge in [0.05, 0.1) is 18.7 Å². The minimum Gasteiger partial charge on any atom is -0.491 e. The van der Waals surface area contributed by atoms with Crippen molar-refractivity contribution in [3.05, 3.63) is 51.7 Å². The Hall–Kier alpha value is -2.38. The molecule has 0 N–H and O–H groups in total. The third-order valence-corrected chi connectivity index (χ3v) is 7.12. The maximum Gasteiger partial charge on any atom is 0.242 e. The van der Waals surface area contributed by atoms with Crippen molar-refractivity contribution in [3.8, 4) is 5.75 Å². The number of nitrogens with zero attached hydrogens (tertiary/aromatic N) is 2. The van der Waals surface area contributed by atoms with Crippen LogP contribution >= 0.6 is 11.3 Å². The Balaban J connectivity index is 1.48. The average Bonchev–Trinajstić information content (AvgIpc) is 3.44. The standard InChI is InChI=1S/C24H30N2O4S/c1-17-6-3-4-8-22(17)30-16-21-20-10-13-31-23(20)9-11-26(21)24(28)15-25(18(2)27)14-19-7-5-12-29-19/h3-4,6,8,10,13,19,21H,5,7,9,11-12,14-16H2,1-2H3/t19-,21+/m0/s1. The van der Waals surface area contributed by atoms with Crippen LogP contribution in [0.2, 0.25) is 0 Å². The van der Waals surface area contributed by atoms with Gasteiger partial charge in [-0.1, -0.05) is 18.2 Å². The van der Waals surface area contributed by atoms with Gasteiger partial charge in [0.15, 0.2) is 0 Å². The Bertz CT molecular complexity index is 922. The van der Waals surface area contributed by atoms with E-state index in [1.807, 2.05) is 36.1 Å². The van der Waals surface area contributed by atoms with Gasteiger partial charge in [0.1, 0.15) is 12.4 Å². The highest BCUT2D eigenvalue weighted by atomic mass is 32.1. The predicted molar refractivity (Wildman–Crippen MR) is 120 cm³/mol. The van der Waals surface area contributed by atoms with Crippen molar-refractivity contribution in [1.82, 2.24) is 9.80 Å². The van der Waals surface area contributed by atoms with Crippen molar-refractivity contribution in [2.24, 2.45) is 0 Å². The number of carbonyl (C=O) groups is 2. The summed E-state index contributed by atoms with van der Waals surface area (Å²) in [5, 5.41) is 2.08. The molecule has 0 spiro atoms. The summed E-state index contributed by atoms with van der Waals surface area (Å²) in [6, 6.07) is 9.86. The normalized spacial score (nSPS) is 20.4.